The second-order valence-corrected chi connectivity index (χ2v) is 14.3. The van der Waals surface area contributed by atoms with Crippen LogP contribution in [0, 0.1) is 0 Å². The molecule has 0 aliphatic heterocycles. The molecule has 1 amide bonds. The molecule has 1 N–H and O–H groups in total. The number of amides is 1. The average molecular weight is 680 g/mol. The fraction of sp³-hybridized carbons (Fsp3) is 0.929. The van der Waals surface area contributed by atoms with Crippen LogP contribution in [0.15, 0.2) is 0 Å². The molecule has 0 aromatic heterocycles. The maximum atomic E-state index is 12.7. The maximum absolute atomic E-state index is 12.7. The van der Waals surface area contributed by atoms with Crippen molar-refractivity contribution in [3.05, 3.63) is 0 Å². The van der Waals surface area contributed by atoms with Crippen molar-refractivity contribution in [2.45, 2.75) is 239 Å². The van der Waals surface area contributed by atoms with Crippen molar-refractivity contribution in [1.29, 1.82) is 0 Å². The summed E-state index contributed by atoms with van der Waals surface area (Å²) in [7, 11) is 0. The van der Waals surface area contributed by atoms with Crippen molar-refractivity contribution < 1.29 is 23.9 Å². The number of hydrogen-bond donors (Lipinski definition) is 1. The van der Waals surface area contributed by atoms with E-state index in [0.717, 1.165) is 38.5 Å². The summed E-state index contributed by atoms with van der Waals surface area (Å²) in [4.78, 5) is 37.0. The molecule has 6 nitrogen and oxygen atoms in total. The Kier molecular flexibility index (Phi) is 36.9. The van der Waals surface area contributed by atoms with E-state index in [2.05, 4.69) is 19.2 Å². The number of nitrogens with one attached hydrogen (secondary N) is 1. The lowest BCUT2D eigenvalue weighted by molar-refractivity contribution is -0.168. The molecule has 0 saturated carbocycles. The van der Waals surface area contributed by atoms with E-state index >= 15 is 0 Å². The van der Waals surface area contributed by atoms with Gasteiger partial charge >= 0.3 is 11.9 Å². The molecular formula is C42H81NO5. The van der Waals surface area contributed by atoms with Gasteiger partial charge < -0.3 is 14.8 Å². The van der Waals surface area contributed by atoms with Crippen molar-refractivity contribution in [3.63, 3.8) is 0 Å². The molecule has 0 heterocycles. The smallest absolute Gasteiger partial charge is 0.349 e. The Hall–Kier alpha value is -1.59. The van der Waals surface area contributed by atoms with E-state index in [1.807, 2.05) is 0 Å². The zero-order valence-corrected chi connectivity index (χ0v) is 32.4. The Morgan fingerprint density at radius 1 is 0.458 bits per heavy atom. The van der Waals surface area contributed by atoms with Gasteiger partial charge in [0.15, 0.2) is 0 Å². The zero-order valence-electron chi connectivity index (χ0n) is 32.4. The maximum Gasteiger partial charge on any atom is 0.349 e. The Labute approximate surface area is 298 Å². The molecule has 0 spiro atoms. The second-order valence-electron chi connectivity index (χ2n) is 14.3. The minimum atomic E-state index is -1.08. The number of ether oxygens (including phenoxy) is 2. The van der Waals surface area contributed by atoms with Crippen LogP contribution >= 0.6 is 0 Å². The van der Waals surface area contributed by atoms with Gasteiger partial charge in [0, 0.05) is 12.8 Å². The summed E-state index contributed by atoms with van der Waals surface area (Å²) in [5.41, 5.74) is 0. The lowest BCUT2D eigenvalue weighted by Gasteiger charge is -2.17. The van der Waals surface area contributed by atoms with Crippen molar-refractivity contribution in [2.75, 3.05) is 13.2 Å². The van der Waals surface area contributed by atoms with Gasteiger partial charge in [0.05, 0.1) is 13.2 Å². The first-order chi connectivity index (χ1) is 23.5. The molecule has 0 bridgehead atoms. The first kappa shape index (κ1) is 46.4. The van der Waals surface area contributed by atoms with E-state index in [1.54, 1.807) is 6.92 Å². The van der Waals surface area contributed by atoms with Crippen LogP contribution in [0.5, 0.6) is 0 Å². The number of unbranched alkanes of at least 4 members (excludes halogenated alkanes) is 29. The van der Waals surface area contributed by atoms with E-state index in [1.165, 1.54) is 161 Å². The summed E-state index contributed by atoms with van der Waals surface area (Å²) >= 11 is 0. The quantitative estimate of drug-likeness (QED) is 0.0519. The number of esters is 2. The van der Waals surface area contributed by atoms with E-state index in [-0.39, 0.29) is 18.4 Å². The zero-order chi connectivity index (χ0) is 35.2. The highest BCUT2D eigenvalue weighted by Gasteiger charge is 2.25. The summed E-state index contributed by atoms with van der Waals surface area (Å²) in [6, 6.07) is 0. The van der Waals surface area contributed by atoms with Gasteiger partial charge in [-0.15, -0.1) is 0 Å². The van der Waals surface area contributed by atoms with Crippen LogP contribution in [0.3, 0.4) is 0 Å². The van der Waals surface area contributed by atoms with Gasteiger partial charge in [-0.1, -0.05) is 207 Å². The lowest BCUT2D eigenvalue weighted by atomic mass is 10.0. The monoisotopic (exact) mass is 680 g/mol. The molecule has 0 aliphatic rings. The lowest BCUT2D eigenvalue weighted by Crippen LogP contribution is -2.40. The van der Waals surface area contributed by atoms with Gasteiger partial charge in [0.2, 0.25) is 12.0 Å². The van der Waals surface area contributed by atoms with Gasteiger partial charge in [0.1, 0.15) is 0 Å². The molecule has 6 heteroatoms. The third-order valence-corrected chi connectivity index (χ3v) is 9.57. The molecule has 284 valence electrons. The van der Waals surface area contributed by atoms with Crippen LogP contribution in [-0.2, 0) is 23.9 Å². The number of hydrogen-bond acceptors (Lipinski definition) is 5. The topological polar surface area (TPSA) is 81.7 Å². The summed E-state index contributed by atoms with van der Waals surface area (Å²) in [6.45, 7) is 6.59. The Morgan fingerprint density at radius 3 is 1.15 bits per heavy atom. The molecule has 1 unspecified atom stereocenters. The van der Waals surface area contributed by atoms with Crippen LogP contribution in [0.2, 0.25) is 0 Å². The Balaban J connectivity index is 3.88. The van der Waals surface area contributed by atoms with Crippen LogP contribution in [0.1, 0.15) is 233 Å². The largest absolute Gasteiger partial charge is 0.463 e. The van der Waals surface area contributed by atoms with Gasteiger partial charge in [-0.05, 0) is 12.8 Å². The number of carbonyl (C=O) groups is 3. The van der Waals surface area contributed by atoms with E-state index in [9.17, 15) is 14.4 Å². The van der Waals surface area contributed by atoms with Crippen molar-refractivity contribution in [2.24, 2.45) is 0 Å². The molecule has 0 radical (unpaired) electrons. The van der Waals surface area contributed by atoms with Crippen LogP contribution in [-0.4, -0.2) is 37.1 Å². The van der Waals surface area contributed by atoms with Crippen LogP contribution in [0.25, 0.3) is 0 Å². The third kappa shape index (κ3) is 34.3. The van der Waals surface area contributed by atoms with Gasteiger partial charge in [-0.3, -0.25) is 9.59 Å². The van der Waals surface area contributed by atoms with Gasteiger partial charge in [-0.2, -0.15) is 0 Å². The molecule has 1 atom stereocenters. The van der Waals surface area contributed by atoms with E-state index < -0.39 is 12.1 Å². The summed E-state index contributed by atoms with van der Waals surface area (Å²) in [5, 5.41) is 2.68. The molecule has 0 rings (SSSR count). The first-order valence-corrected chi connectivity index (χ1v) is 21.2. The molecule has 0 aromatic carbocycles. The van der Waals surface area contributed by atoms with Crippen LogP contribution in [0.4, 0.5) is 0 Å². The summed E-state index contributed by atoms with van der Waals surface area (Å²) in [5.74, 6) is -1.12. The second kappa shape index (κ2) is 38.2. The van der Waals surface area contributed by atoms with Gasteiger partial charge in [0.25, 0.3) is 0 Å². The highest BCUT2D eigenvalue weighted by molar-refractivity contribution is 5.81. The van der Waals surface area contributed by atoms with E-state index in [4.69, 9.17) is 9.47 Å². The summed E-state index contributed by atoms with van der Waals surface area (Å²) < 4.78 is 10.9. The average Bonchev–Trinajstić information content (AvgIpc) is 3.09. The normalized spacial score (nSPS) is 11.8. The standard InChI is InChI=1S/C42H81NO5/c1-4-7-9-11-13-15-17-19-21-23-25-27-29-31-33-35-37-47-42(46)39(38-43-40(44)6-3)48-41(45)36-34-32-30-28-26-24-22-20-18-16-14-12-10-8-5-2/h39H,4-38H2,1-3H3,(H,43,44). The number of carbonyl (C=O) groups excluding carboxylic acids is 3. The SMILES string of the molecule is CCCCCCCCCCCCCCCCCCOC(=O)C(CNC(=O)CC)OC(=O)CCCCCCCCCCCCCCCCC. The van der Waals surface area contributed by atoms with Crippen molar-refractivity contribution in [3.8, 4) is 0 Å². The predicted molar refractivity (Wildman–Crippen MR) is 203 cm³/mol. The fourth-order valence-corrected chi connectivity index (χ4v) is 6.28. The minimum Gasteiger partial charge on any atom is -0.463 e. The highest BCUT2D eigenvalue weighted by atomic mass is 16.6. The molecule has 0 aromatic rings. The predicted octanol–water partition coefficient (Wildman–Crippen LogP) is 12.5. The Morgan fingerprint density at radius 2 is 0.792 bits per heavy atom. The molecule has 0 fully saturated rings. The van der Waals surface area contributed by atoms with E-state index in [0.29, 0.717) is 19.4 Å². The highest BCUT2D eigenvalue weighted by Crippen LogP contribution is 2.16. The number of rotatable bonds is 38. The fourth-order valence-electron chi connectivity index (χ4n) is 6.28. The van der Waals surface area contributed by atoms with Crippen molar-refractivity contribution in [1.82, 2.24) is 5.32 Å². The molecule has 0 aliphatic carbocycles. The minimum absolute atomic E-state index is 0.0327. The molecular weight excluding hydrogens is 598 g/mol. The third-order valence-electron chi connectivity index (χ3n) is 9.57. The molecule has 0 saturated heterocycles. The molecule has 48 heavy (non-hydrogen) atoms. The van der Waals surface area contributed by atoms with Crippen molar-refractivity contribution >= 4 is 17.8 Å². The first-order valence-electron chi connectivity index (χ1n) is 21.2. The summed E-state index contributed by atoms with van der Waals surface area (Å²) in [6.07, 6.45) is 39.3. The van der Waals surface area contributed by atoms with Gasteiger partial charge in [-0.25, -0.2) is 4.79 Å². The Bertz CT molecular complexity index is 712. The van der Waals surface area contributed by atoms with Crippen LogP contribution < -0.4 is 5.32 Å².